The lowest BCUT2D eigenvalue weighted by Crippen LogP contribution is -2.29. The van der Waals surface area contributed by atoms with Crippen LogP contribution in [0.1, 0.15) is 10.4 Å². The summed E-state index contributed by atoms with van der Waals surface area (Å²) in [7, 11) is 0. The van der Waals surface area contributed by atoms with Gasteiger partial charge in [-0.25, -0.2) is 5.84 Å². The SMILES string of the molecule is [NH]c1ccc(C(=O)NN)cc1. The largest absolute Gasteiger partial charge is 0.301 e. The van der Waals surface area contributed by atoms with E-state index < -0.39 is 0 Å². The minimum atomic E-state index is -0.343. The smallest absolute Gasteiger partial charge is 0.265 e. The number of hydrogen-bond donors (Lipinski definition) is 2. The number of carbonyl (C=O) groups is 1. The first-order valence-corrected chi connectivity index (χ1v) is 3.06. The van der Waals surface area contributed by atoms with Crippen molar-refractivity contribution in [2.45, 2.75) is 0 Å². The molecule has 0 unspecified atom stereocenters. The Labute approximate surface area is 64.2 Å². The molecule has 11 heavy (non-hydrogen) atoms. The number of nitrogens with one attached hydrogen (secondary N) is 2. The predicted octanol–water partition coefficient (Wildman–Crippen LogP) is 0.204. The molecule has 0 aliphatic carbocycles. The van der Waals surface area contributed by atoms with Gasteiger partial charge in [-0.3, -0.25) is 10.2 Å². The molecule has 4 heteroatoms. The lowest BCUT2D eigenvalue weighted by atomic mass is 10.2. The zero-order valence-corrected chi connectivity index (χ0v) is 5.79. The standard InChI is InChI=1S/C7H8N3O/c8-6-3-1-5(2-4-6)7(11)10-9/h1-4,8H,9H2,(H,10,11). The molecule has 4 N–H and O–H groups in total. The molecule has 0 aliphatic heterocycles. The van der Waals surface area contributed by atoms with E-state index in [1.807, 2.05) is 5.43 Å². The van der Waals surface area contributed by atoms with Crippen LogP contribution in [0.3, 0.4) is 0 Å². The van der Waals surface area contributed by atoms with Gasteiger partial charge in [0.05, 0.1) is 5.69 Å². The van der Waals surface area contributed by atoms with Crippen LogP contribution >= 0.6 is 0 Å². The van der Waals surface area contributed by atoms with Crippen molar-refractivity contribution in [1.82, 2.24) is 11.2 Å². The van der Waals surface area contributed by atoms with Crippen molar-refractivity contribution in [3.8, 4) is 0 Å². The fourth-order valence-electron chi connectivity index (χ4n) is 0.705. The number of rotatable bonds is 1. The number of nitrogens with two attached hydrogens (primary N) is 1. The highest BCUT2D eigenvalue weighted by Crippen LogP contribution is 2.05. The van der Waals surface area contributed by atoms with Crippen LogP contribution in [0.25, 0.3) is 0 Å². The van der Waals surface area contributed by atoms with Gasteiger partial charge in [0.1, 0.15) is 0 Å². The lowest BCUT2D eigenvalue weighted by molar-refractivity contribution is 0.0953. The summed E-state index contributed by atoms with van der Waals surface area (Å²) in [6, 6.07) is 6.16. The Hall–Kier alpha value is -1.55. The van der Waals surface area contributed by atoms with E-state index in [0.29, 0.717) is 11.3 Å². The molecule has 0 aromatic heterocycles. The number of nitrogen functional groups attached to an aromatic ring is 1. The Balaban J connectivity index is 2.90. The average Bonchev–Trinajstić information content (AvgIpc) is 2.05. The van der Waals surface area contributed by atoms with Gasteiger partial charge in [0.15, 0.2) is 0 Å². The zero-order chi connectivity index (χ0) is 8.27. The zero-order valence-electron chi connectivity index (χ0n) is 5.79. The van der Waals surface area contributed by atoms with Crippen molar-refractivity contribution in [2.75, 3.05) is 0 Å². The first-order chi connectivity index (χ1) is 5.24. The van der Waals surface area contributed by atoms with Gasteiger partial charge in [-0.15, -0.1) is 0 Å². The van der Waals surface area contributed by atoms with Crippen LogP contribution in [-0.2, 0) is 0 Å². The molecule has 57 valence electrons. The minimum Gasteiger partial charge on any atom is -0.301 e. The molecular formula is C7H8N3O. The monoisotopic (exact) mass is 150 g/mol. The van der Waals surface area contributed by atoms with E-state index in [9.17, 15) is 4.79 Å². The molecule has 1 aromatic carbocycles. The molecule has 1 amide bonds. The molecule has 0 atom stereocenters. The number of hydrogen-bond acceptors (Lipinski definition) is 2. The summed E-state index contributed by atoms with van der Waals surface area (Å²) in [6.07, 6.45) is 0. The molecule has 0 fully saturated rings. The minimum absolute atomic E-state index is 0.343. The second-order valence-electron chi connectivity index (χ2n) is 2.05. The van der Waals surface area contributed by atoms with Crippen molar-refractivity contribution in [3.05, 3.63) is 29.8 Å². The van der Waals surface area contributed by atoms with Crippen molar-refractivity contribution >= 4 is 11.6 Å². The summed E-state index contributed by atoms with van der Waals surface area (Å²) >= 11 is 0. The summed E-state index contributed by atoms with van der Waals surface area (Å²) < 4.78 is 0. The molecule has 0 saturated carbocycles. The van der Waals surface area contributed by atoms with Crippen LogP contribution in [-0.4, -0.2) is 5.91 Å². The first-order valence-electron chi connectivity index (χ1n) is 3.06. The molecule has 1 radical (unpaired) electrons. The molecule has 0 heterocycles. The van der Waals surface area contributed by atoms with E-state index >= 15 is 0 Å². The number of amides is 1. The van der Waals surface area contributed by atoms with E-state index in [0.717, 1.165) is 0 Å². The van der Waals surface area contributed by atoms with Crippen LogP contribution in [0.15, 0.2) is 24.3 Å². The molecule has 1 rings (SSSR count). The second-order valence-corrected chi connectivity index (χ2v) is 2.05. The lowest BCUT2D eigenvalue weighted by Gasteiger charge is -1.97. The molecule has 0 bridgehead atoms. The Morgan fingerprint density at radius 2 is 1.91 bits per heavy atom. The average molecular weight is 150 g/mol. The van der Waals surface area contributed by atoms with E-state index in [1.165, 1.54) is 12.1 Å². The second kappa shape index (κ2) is 3.03. The summed E-state index contributed by atoms with van der Waals surface area (Å²) in [5.41, 5.74) is 9.96. The van der Waals surface area contributed by atoms with Gasteiger partial charge in [-0.05, 0) is 24.3 Å². The highest BCUT2D eigenvalue weighted by Gasteiger charge is 2.00. The Morgan fingerprint density at radius 1 is 1.36 bits per heavy atom. The fourth-order valence-corrected chi connectivity index (χ4v) is 0.705. The van der Waals surface area contributed by atoms with Crippen LogP contribution in [0, 0.1) is 0 Å². The predicted molar refractivity (Wildman–Crippen MR) is 40.9 cm³/mol. The normalized spacial score (nSPS) is 9.18. The van der Waals surface area contributed by atoms with Gasteiger partial charge in [-0.1, -0.05) is 0 Å². The van der Waals surface area contributed by atoms with Gasteiger partial charge < -0.3 is 5.73 Å². The topological polar surface area (TPSA) is 78.9 Å². The van der Waals surface area contributed by atoms with E-state index in [2.05, 4.69) is 0 Å². The number of benzene rings is 1. The maximum Gasteiger partial charge on any atom is 0.265 e. The maximum atomic E-state index is 10.8. The maximum absolute atomic E-state index is 10.8. The Kier molecular flexibility index (Phi) is 2.08. The number of hydrazine groups is 1. The van der Waals surface area contributed by atoms with E-state index in [4.69, 9.17) is 11.6 Å². The van der Waals surface area contributed by atoms with Crippen LogP contribution in [0.2, 0.25) is 0 Å². The Bertz CT molecular complexity index is 255. The van der Waals surface area contributed by atoms with Gasteiger partial charge in [0.2, 0.25) is 0 Å². The summed E-state index contributed by atoms with van der Waals surface area (Å²) in [6.45, 7) is 0. The first kappa shape index (κ1) is 7.56. The van der Waals surface area contributed by atoms with Crippen molar-refractivity contribution in [3.63, 3.8) is 0 Å². The van der Waals surface area contributed by atoms with Gasteiger partial charge in [0.25, 0.3) is 5.91 Å². The highest BCUT2D eigenvalue weighted by molar-refractivity contribution is 5.93. The van der Waals surface area contributed by atoms with E-state index in [1.54, 1.807) is 12.1 Å². The molecule has 1 aromatic rings. The molecule has 0 saturated heterocycles. The molecular weight excluding hydrogens is 142 g/mol. The van der Waals surface area contributed by atoms with Gasteiger partial charge in [-0.2, -0.15) is 0 Å². The van der Waals surface area contributed by atoms with Gasteiger partial charge >= 0.3 is 0 Å². The third kappa shape index (κ3) is 1.68. The highest BCUT2D eigenvalue weighted by atomic mass is 16.2. The van der Waals surface area contributed by atoms with E-state index in [-0.39, 0.29) is 5.91 Å². The third-order valence-corrected chi connectivity index (χ3v) is 1.28. The quantitative estimate of drug-likeness (QED) is 0.341. The summed E-state index contributed by atoms with van der Waals surface area (Å²) in [5.74, 6) is 4.55. The van der Waals surface area contributed by atoms with Crippen molar-refractivity contribution < 1.29 is 4.79 Å². The van der Waals surface area contributed by atoms with Gasteiger partial charge in [0, 0.05) is 5.56 Å². The molecule has 0 aliphatic rings. The molecule has 4 nitrogen and oxygen atoms in total. The fraction of sp³-hybridized carbons (Fsp3) is 0. The van der Waals surface area contributed by atoms with Crippen molar-refractivity contribution in [2.24, 2.45) is 5.84 Å². The number of carbonyl (C=O) groups excluding carboxylic acids is 1. The van der Waals surface area contributed by atoms with Crippen LogP contribution in [0.5, 0.6) is 0 Å². The Morgan fingerprint density at radius 3 is 2.36 bits per heavy atom. The van der Waals surface area contributed by atoms with Crippen LogP contribution < -0.4 is 17.0 Å². The van der Waals surface area contributed by atoms with Crippen molar-refractivity contribution in [1.29, 1.82) is 0 Å². The summed E-state index contributed by atoms with van der Waals surface area (Å²) in [4.78, 5) is 10.8. The molecule has 0 spiro atoms. The van der Waals surface area contributed by atoms with Crippen LogP contribution in [0.4, 0.5) is 5.69 Å². The third-order valence-electron chi connectivity index (χ3n) is 1.28. The summed E-state index contributed by atoms with van der Waals surface area (Å²) in [5, 5.41) is 0.